The number of nitrogens with zero attached hydrogens (tertiary/aromatic N) is 2. The van der Waals surface area contributed by atoms with Crippen LogP contribution in [-0.4, -0.2) is 5.91 Å². The Bertz CT molecular complexity index is 758. The standard InChI is InChI=1S/C16H11N3OS/c1-11(20)19-15-7-12(9-17)13(10-18)8-16(15)21-14-5-3-2-4-6-14/h2-8H,1H3,(H,19,20). The van der Waals surface area contributed by atoms with Gasteiger partial charge in [0.25, 0.3) is 0 Å². The fourth-order valence-corrected chi connectivity index (χ4v) is 2.70. The summed E-state index contributed by atoms with van der Waals surface area (Å²) in [5.74, 6) is -0.224. The first-order chi connectivity index (χ1) is 10.1. The summed E-state index contributed by atoms with van der Waals surface area (Å²) in [6.45, 7) is 1.40. The maximum absolute atomic E-state index is 11.3. The van der Waals surface area contributed by atoms with Gasteiger partial charge >= 0.3 is 0 Å². The van der Waals surface area contributed by atoms with Gasteiger partial charge in [-0.1, -0.05) is 30.0 Å². The monoisotopic (exact) mass is 293 g/mol. The van der Waals surface area contributed by atoms with Crippen LogP contribution < -0.4 is 5.32 Å². The average Bonchev–Trinajstić information content (AvgIpc) is 2.49. The van der Waals surface area contributed by atoms with Crippen molar-refractivity contribution in [1.82, 2.24) is 0 Å². The zero-order valence-corrected chi connectivity index (χ0v) is 12.1. The summed E-state index contributed by atoms with van der Waals surface area (Å²) in [5.41, 5.74) is 1.08. The summed E-state index contributed by atoms with van der Waals surface area (Å²) >= 11 is 1.43. The van der Waals surface area contributed by atoms with Crippen molar-refractivity contribution in [1.29, 1.82) is 10.5 Å². The largest absolute Gasteiger partial charge is 0.325 e. The molecule has 2 rings (SSSR count). The molecule has 102 valence electrons. The highest BCUT2D eigenvalue weighted by molar-refractivity contribution is 7.99. The minimum Gasteiger partial charge on any atom is -0.325 e. The highest BCUT2D eigenvalue weighted by atomic mass is 32.2. The van der Waals surface area contributed by atoms with Crippen LogP contribution in [0.3, 0.4) is 0 Å². The van der Waals surface area contributed by atoms with Gasteiger partial charge in [0, 0.05) is 16.7 Å². The minimum absolute atomic E-state index is 0.224. The van der Waals surface area contributed by atoms with Gasteiger partial charge in [-0.05, 0) is 24.3 Å². The summed E-state index contributed by atoms with van der Waals surface area (Å²) in [4.78, 5) is 13.0. The first-order valence-electron chi connectivity index (χ1n) is 6.12. The second-order valence-electron chi connectivity index (χ2n) is 4.21. The predicted octanol–water partition coefficient (Wildman–Crippen LogP) is 3.54. The molecule has 4 nitrogen and oxygen atoms in total. The summed E-state index contributed by atoms with van der Waals surface area (Å²) in [6.07, 6.45) is 0. The topological polar surface area (TPSA) is 76.7 Å². The number of nitrogens with one attached hydrogen (secondary N) is 1. The highest BCUT2D eigenvalue weighted by Gasteiger charge is 2.12. The van der Waals surface area contributed by atoms with Gasteiger partial charge in [-0.2, -0.15) is 10.5 Å². The molecular formula is C16H11N3OS. The van der Waals surface area contributed by atoms with Gasteiger partial charge in [0.2, 0.25) is 5.91 Å². The SMILES string of the molecule is CC(=O)Nc1cc(C#N)c(C#N)cc1Sc1ccccc1. The van der Waals surface area contributed by atoms with Crippen LogP contribution >= 0.6 is 11.8 Å². The second-order valence-corrected chi connectivity index (χ2v) is 5.33. The van der Waals surface area contributed by atoms with Crippen molar-refractivity contribution in [3.05, 3.63) is 53.6 Å². The normalized spacial score (nSPS) is 9.48. The number of benzene rings is 2. The van der Waals surface area contributed by atoms with Crippen molar-refractivity contribution in [2.45, 2.75) is 16.7 Å². The van der Waals surface area contributed by atoms with E-state index in [0.717, 1.165) is 9.79 Å². The van der Waals surface area contributed by atoms with Gasteiger partial charge in [0.1, 0.15) is 12.1 Å². The van der Waals surface area contributed by atoms with Gasteiger partial charge in [0.05, 0.1) is 16.8 Å². The maximum Gasteiger partial charge on any atom is 0.221 e. The van der Waals surface area contributed by atoms with Gasteiger partial charge in [-0.25, -0.2) is 0 Å². The molecule has 0 atom stereocenters. The molecule has 0 saturated carbocycles. The Morgan fingerprint density at radius 1 is 1.10 bits per heavy atom. The fraction of sp³-hybridized carbons (Fsp3) is 0.0625. The van der Waals surface area contributed by atoms with Gasteiger partial charge in [-0.15, -0.1) is 0 Å². The first-order valence-corrected chi connectivity index (χ1v) is 6.94. The fourth-order valence-electron chi connectivity index (χ4n) is 1.75. The molecule has 1 N–H and O–H groups in total. The lowest BCUT2D eigenvalue weighted by molar-refractivity contribution is -0.114. The Morgan fingerprint density at radius 2 is 1.71 bits per heavy atom. The van der Waals surface area contributed by atoms with E-state index in [1.807, 2.05) is 42.5 Å². The number of anilines is 1. The number of carbonyl (C=O) groups excluding carboxylic acids is 1. The molecule has 0 radical (unpaired) electrons. The number of hydrogen-bond acceptors (Lipinski definition) is 4. The molecule has 0 aromatic heterocycles. The van der Waals surface area contributed by atoms with Crippen molar-refractivity contribution < 1.29 is 4.79 Å². The molecule has 5 heteroatoms. The molecule has 0 aliphatic carbocycles. The average molecular weight is 293 g/mol. The summed E-state index contributed by atoms with van der Waals surface area (Å²) in [5, 5.41) is 20.9. The van der Waals surface area contributed by atoms with Gasteiger partial charge < -0.3 is 5.32 Å². The van der Waals surface area contributed by atoms with E-state index < -0.39 is 0 Å². The molecule has 21 heavy (non-hydrogen) atoms. The van der Waals surface area contributed by atoms with E-state index in [2.05, 4.69) is 5.32 Å². The zero-order chi connectivity index (χ0) is 15.2. The predicted molar refractivity (Wildman–Crippen MR) is 80.7 cm³/mol. The summed E-state index contributed by atoms with van der Waals surface area (Å²) in [6, 6.07) is 16.7. The van der Waals surface area contributed by atoms with Crippen molar-refractivity contribution in [3.63, 3.8) is 0 Å². The number of nitriles is 2. The third-order valence-electron chi connectivity index (χ3n) is 2.64. The van der Waals surface area contributed by atoms with E-state index in [1.54, 1.807) is 6.07 Å². The summed E-state index contributed by atoms with van der Waals surface area (Å²) < 4.78 is 0. The molecular weight excluding hydrogens is 282 g/mol. The highest BCUT2D eigenvalue weighted by Crippen LogP contribution is 2.35. The van der Waals surface area contributed by atoms with Crippen LogP contribution in [0.25, 0.3) is 0 Å². The summed E-state index contributed by atoms with van der Waals surface area (Å²) in [7, 11) is 0. The molecule has 0 aliphatic heterocycles. The molecule has 0 fully saturated rings. The molecule has 0 saturated heterocycles. The molecule has 0 unspecified atom stereocenters. The van der Waals surface area contributed by atoms with Crippen LogP contribution in [0.5, 0.6) is 0 Å². The van der Waals surface area contributed by atoms with Crippen LogP contribution in [0.1, 0.15) is 18.1 Å². The van der Waals surface area contributed by atoms with Crippen molar-refractivity contribution in [3.8, 4) is 12.1 Å². The zero-order valence-electron chi connectivity index (χ0n) is 11.3. The smallest absolute Gasteiger partial charge is 0.221 e. The molecule has 1 amide bonds. The van der Waals surface area contributed by atoms with Crippen LogP contribution in [0, 0.1) is 22.7 Å². The Labute approximate surface area is 127 Å². The van der Waals surface area contributed by atoms with Crippen LogP contribution in [0.4, 0.5) is 5.69 Å². The van der Waals surface area contributed by atoms with Crippen LogP contribution in [0.15, 0.2) is 52.3 Å². The van der Waals surface area contributed by atoms with Crippen molar-refractivity contribution in [2.24, 2.45) is 0 Å². The molecule has 0 heterocycles. The molecule has 0 spiro atoms. The minimum atomic E-state index is -0.224. The van der Waals surface area contributed by atoms with E-state index in [9.17, 15) is 4.79 Å². The van der Waals surface area contributed by atoms with E-state index in [1.165, 1.54) is 24.8 Å². The Hall–Kier alpha value is -2.76. The molecule has 2 aromatic rings. The number of hydrogen-bond donors (Lipinski definition) is 1. The molecule has 0 bridgehead atoms. The molecule has 2 aromatic carbocycles. The second kappa shape index (κ2) is 6.60. The quantitative estimate of drug-likeness (QED) is 0.939. The van der Waals surface area contributed by atoms with Crippen molar-refractivity contribution >= 4 is 23.4 Å². The Balaban J connectivity index is 2.49. The lowest BCUT2D eigenvalue weighted by Gasteiger charge is -2.11. The third-order valence-corrected chi connectivity index (χ3v) is 3.71. The lowest BCUT2D eigenvalue weighted by atomic mass is 10.1. The van der Waals surface area contributed by atoms with E-state index in [0.29, 0.717) is 11.3 Å². The number of rotatable bonds is 3. The van der Waals surface area contributed by atoms with E-state index in [-0.39, 0.29) is 11.5 Å². The number of carbonyl (C=O) groups is 1. The third kappa shape index (κ3) is 3.62. The van der Waals surface area contributed by atoms with Crippen LogP contribution in [-0.2, 0) is 4.79 Å². The van der Waals surface area contributed by atoms with Crippen molar-refractivity contribution in [2.75, 3.05) is 5.32 Å². The molecule has 0 aliphatic rings. The van der Waals surface area contributed by atoms with E-state index >= 15 is 0 Å². The number of amides is 1. The van der Waals surface area contributed by atoms with Crippen LogP contribution in [0.2, 0.25) is 0 Å². The lowest BCUT2D eigenvalue weighted by Crippen LogP contribution is -2.07. The van der Waals surface area contributed by atoms with Gasteiger partial charge in [-0.3, -0.25) is 4.79 Å². The van der Waals surface area contributed by atoms with Gasteiger partial charge in [0.15, 0.2) is 0 Å². The maximum atomic E-state index is 11.3. The first kappa shape index (κ1) is 14.6. The Kier molecular flexibility index (Phi) is 4.61. The Morgan fingerprint density at radius 3 is 2.29 bits per heavy atom. The van der Waals surface area contributed by atoms with E-state index in [4.69, 9.17) is 10.5 Å².